The van der Waals surface area contributed by atoms with Crippen LogP contribution in [-0.4, -0.2) is 17.3 Å². The van der Waals surface area contributed by atoms with E-state index in [4.69, 9.17) is 11.6 Å². The summed E-state index contributed by atoms with van der Waals surface area (Å²) in [4.78, 5) is 12.2. The number of carbonyl (C=O) groups excluding carboxylic acids is 1. The summed E-state index contributed by atoms with van der Waals surface area (Å²) in [5.41, 5.74) is 0.565. The van der Waals surface area contributed by atoms with E-state index in [1.54, 1.807) is 18.2 Å². The number of hydrogen-bond donors (Lipinski definition) is 1. The lowest BCUT2D eigenvalue weighted by Crippen LogP contribution is -2.25. The summed E-state index contributed by atoms with van der Waals surface area (Å²) >= 11 is 12.6. The van der Waals surface area contributed by atoms with Crippen LogP contribution in [-0.2, 0) is 0 Å². The van der Waals surface area contributed by atoms with Gasteiger partial charge in [0.25, 0.3) is 5.91 Å². The molecule has 0 fully saturated rings. The van der Waals surface area contributed by atoms with Crippen molar-refractivity contribution in [2.75, 3.05) is 6.54 Å². The number of halogens is 3. The third-order valence-corrected chi connectivity index (χ3v) is 3.39. The molecule has 1 aromatic rings. The van der Waals surface area contributed by atoms with E-state index in [1.807, 2.05) is 6.92 Å². The van der Waals surface area contributed by atoms with E-state index < -0.39 is 0 Å². The van der Waals surface area contributed by atoms with E-state index in [2.05, 4.69) is 37.2 Å². The molecule has 0 heterocycles. The lowest BCUT2D eigenvalue weighted by atomic mass is 10.2. The first-order valence-corrected chi connectivity index (χ1v) is 6.96. The van der Waals surface area contributed by atoms with E-state index in [0.29, 0.717) is 22.0 Å². The van der Waals surface area contributed by atoms with Crippen molar-refractivity contribution in [3.8, 4) is 0 Å². The normalized spacial score (nSPS) is 12.2. The Hall–Kier alpha value is -0.0600. The van der Waals surface area contributed by atoms with Crippen LogP contribution in [0.5, 0.6) is 0 Å². The Labute approximate surface area is 117 Å². The molecule has 0 aliphatic rings. The quantitative estimate of drug-likeness (QED) is 0.799. The van der Waals surface area contributed by atoms with Gasteiger partial charge in [0, 0.05) is 20.9 Å². The Balaban J connectivity index is 2.62. The van der Waals surface area contributed by atoms with Gasteiger partial charge in [-0.25, -0.2) is 0 Å². The summed E-state index contributed by atoms with van der Waals surface area (Å²) in [5.74, 6) is -0.109. The molecular weight excluding hydrogens is 357 g/mol. The highest BCUT2D eigenvalue weighted by Gasteiger charge is 2.10. The molecule has 1 unspecified atom stereocenters. The lowest BCUT2D eigenvalue weighted by Gasteiger charge is -2.08. The van der Waals surface area contributed by atoms with E-state index in [0.717, 1.165) is 10.9 Å². The molecule has 1 amide bonds. The number of rotatable bonds is 4. The fourth-order valence-corrected chi connectivity index (χ4v) is 1.98. The molecule has 0 aliphatic carbocycles. The molecule has 0 aromatic heterocycles. The van der Waals surface area contributed by atoms with Crippen molar-refractivity contribution < 1.29 is 4.79 Å². The Bertz CT molecular complexity index is 382. The van der Waals surface area contributed by atoms with E-state index in [-0.39, 0.29) is 5.91 Å². The van der Waals surface area contributed by atoms with Crippen molar-refractivity contribution in [1.29, 1.82) is 0 Å². The number of alkyl halides is 1. The molecular formula is C11H12Br2ClNO. The van der Waals surface area contributed by atoms with Gasteiger partial charge in [0.1, 0.15) is 0 Å². The summed E-state index contributed by atoms with van der Waals surface area (Å²) in [5, 5.41) is 3.40. The molecule has 2 nitrogen and oxygen atoms in total. The van der Waals surface area contributed by atoms with Gasteiger partial charge in [-0.1, -0.05) is 34.5 Å². The molecule has 0 radical (unpaired) electrons. The molecule has 0 saturated carbocycles. The standard InChI is InChI=1S/C11H12Br2ClNO/c1-7(12)4-5-15-11(16)9-6-8(14)2-3-10(9)13/h2-3,6-7H,4-5H2,1H3,(H,15,16). The smallest absolute Gasteiger partial charge is 0.252 e. The zero-order chi connectivity index (χ0) is 12.1. The largest absolute Gasteiger partial charge is 0.352 e. The van der Waals surface area contributed by atoms with Crippen LogP contribution in [0.3, 0.4) is 0 Å². The highest BCUT2D eigenvalue weighted by atomic mass is 79.9. The molecule has 88 valence electrons. The van der Waals surface area contributed by atoms with Gasteiger partial charge in [-0.2, -0.15) is 0 Å². The van der Waals surface area contributed by atoms with Crippen LogP contribution in [0.2, 0.25) is 5.02 Å². The predicted octanol–water partition coefficient (Wildman–Crippen LogP) is 4.01. The van der Waals surface area contributed by atoms with Crippen molar-refractivity contribution in [3.05, 3.63) is 33.3 Å². The Morgan fingerprint density at radius 1 is 1.56 bits per heavy atom. The molecule has 1 aromatic carbocycles. The minimum atomic E-state index is -0.109. The summed E-state index contributed by atoms with van der Waals surface area (Å²) in [6.07, 6.45) is 0.893. The van der Waals surface area contributed by atoms with Gasteiger partial charge in [0.05, 0.1) is 5.56 Å². The van der Waals surface area contributed by atoms with Gasteiger partial charge in [-0.3, -0.25) is 4.79 Å². The van der Waals surface area contributed by atoms with E-state index >= 15 is 0 Å². The molecule has 5 heteroatoms. The number of benzene rings is 1. The highest BCUT2D eigenvalue weighted by Crippen LogP contribution is 2.21. The monoisotopic (exact) mass is 367 g/mol. The van der Waals surface area contributed by atoms with Crippen molar-refractivity contribution in [2.45, 2.75) is 18.2 Å². The fraction of sp³-hybridized carbons (Fsp3) is 0.364. The van der Waals surface area contributed by atoms with Gasteiger partial charge in [0.2, 0.25) is 0 Å². The summed E-state index contributed by atoms with van der Waals surface area (Å²) in [7, 11) is 0. The first-order chi connectivity index (χ1) is 7.50. The minimum absolute atomic E-state index is 0.109. The highest BCUT2D eigenvalue weighted by molar-refractivity contribution is 9.10. The second-order valence-corrected chi connectivity index (χ2v) is 6.30. The SMILES string of the molecule is CC(Br)CCNC(=O)c1cc(Cl)ccc1Br. The molecule has 0 bridgehead atoms. The van der Waals surface area contributed by atoms with Crippen LogP contribution in [0.4, 0.5) is 0 Å². The molecule has 1 N–H and O–H groups in total. The number of hydrogen-bond acceptors (Lipinski definition) is 1. The van der Waals surface area contributed by atoms with Crippen LogP contribution in [0.25, 0.3) is 0 Å². The van der Waals surface area contributed by atoms with Crippen molar-refractivity contribution in [2.24, 2.45) is 0 Å². The van der Waals surface area contributed by atoms with Crippen LogP contribution >= 0.6 is 43.5 Å². The zero-order valence-corrected chi connectivity index (χ0v) is 12.7. The third-order valence-electron chi connectivity index (χ3n) is 2.00. The predicted molar refractivity (Wildman–Crippen MR) is 74.5 cm³/mol. The molecule has 16 heavy (non-hydrogen) atoms. The van der Waals surface area contributed by atoms with Crippen molar-refractivity contribution >= 4 is 49.4 Å². The second kappa shape index (κ2) is 6.62. The maximum atomic E-state index is 11.8. The topological polar surface area (TPSA) is 29.1 Å². The van der Waals surface area contributed by atoms with Crippen LogP contribution in [0.15, 0.2) is 22.7 Å². The number of carbonyl (C=O) groups is 1. The van der Waals surface area contributed by atoms with Crippen LogP contribution in [0.1, 0.15) is 23.7 Å². The maximum absolute atomic E-state index is 11.8. The van der Waals surface area contributed by atoms with E-state index in [9.17, 15) is 4.79 Å². The van der Waals surface area contributed by atoms with Gasteiger partial charge < -0.3 is 5.32 Å². The Morgan fingerprint density at radius 2 is 2.25 bits per heavy atom. The van der Waals surface area contributed by atoms with Gasteiger partial charge in [0.15, 0.2) is 0 Å². The van der Waals surface area contributed by atoms with Crippen LogP contribution < -0.4 is 5.32 Å². The average molecular weight is 369 g/mol. The Kier molecular flexibility index (Phi) is 5.79. The van der Waals surface area contributed by atoms with Gasteiger partial charge in [-0.05, 0) is 40.5 Å². The number of nitrogens with one attached hydrogen (secondary N) is 1. The second-order valence-electron chi connectivity index (χ2n) is 3.45. The fourth-order valence-electron chi connectivity index (χ4n) is 1.15. The van der Waals surface area contributed by atoms with Gasteiger partial charge >= 0.3 is 0 Å². The van der Waals surface area contributed by atoms with Crippen LogP contribution in [0, 0.1) is 0 Å². The number of amides is 1. The van der Waals surface area contributed by atoms with Gasteiger partial charge in [-0.15, -0.1) is 0 Å². The Morgan fingerprint density at radius 3 is 2.88 bits per heavy atom. The maximum Gasteiger partial charge on any atom is 0.252 e. The average Bonchev–Trinajstić information content (AvgIpc) is 2.21. The minimum Gasteiger partial charge on any atom is -0.352 e. The lowest BCUT2D eigenvalue weighted by molar-refractivity contribution is 0.0952. The molecule has 0 aliphatic heterocycles. The molecule has 0 saturated heterocycles. The van der Waals surface area contributed by atoms with Crippen molar-refractivity contribution in [3.63, 3.8) is 0 Å². The molecule has 1 atom stereocenters. The third kappa shape index (κ3) is 4.44. The first-order valence-electron chi connectivity index (χ1n) is 4.88. The first kappa shape index (κ1) is 14.0. The summed E-state index contributed by atoms with van der Waals surface area (Å²) < 4.78 is 0.751. The molecule has 0 spiro atoms. The summed E-state index contributed by atoms with van der Waals surface area (Å²) in [6, 6.07) is 5.16. The zero-order valence-electron chi connectivity index (χ0n) is 8.77. The van der Waals surface area contributed by atoms with Crippen molar-refractivity contribution in [1.82, 2.24) is 5.32 Å². The summed E-state index contributed by atoms with van der Waals surface area (Å²) in [6.45, 7) is 2.69. The molecule has 1 rings (SSSR count). The van der Waals surface area contributed by atoms with E-state index in [1.165, 1.54) is 0 Å².